The van der Waals surface area contributed by atoms with Crippen LogP contribution in [0, 0.1) is 0 Å². The fourth-order valence-corrected chi connectivity index (χ4v) is 4.28. The number of carbonyl (C=O) groups excluding carboxylic acids is 1. The van der Waals surface area contributed by atoms with Crippen molar-refractivity contribution in [2.75, 3.05) is 11.9 Å². The molecule has 1 aliphatic rings. The maximum atomic E-state index is 12.2. The zero-order valence-electron chi connectivity index (χ0n) is 11.6. The number of amides is 1. The molecule has 2 aromatic rings. The highest BCUT2D eigenvalue weighted by Gasteiger charge is 2.20. The van der Waals surface area contributed by atoms with Gasteiger partial charge in [-0.15, -0.1) is 22.7 Å². The SMILES string of the molecule is CN(C(=O)CCc1cccs1)c1nc2c(s1)CCCC2. The first kappa shape index (κ1) is 13.8. The molecular weight excluding hydrogens is 288 g/mol. The molecule has 5 heteroatoms. The Bertz CT molecular complexity index is 566. The highest BCUT2D eigenvalue weighted by molar-refractivity contribution is 7.16. The van der Waals surface area contributed by atoms with E-state index >= 15 is 0 Å². The molecule has 0 bridgehead atoms. The summed E-state index contributed by atoms with van der Waals surface area (Å²) in [5.41, 5.74) is 1.22. The lowest BCUT2D eigenvalue weighted by molar-refractivity contribution is -0.118. The van der Waals surface area contributed by atoms with Gasteiger partial charge in [-0.05, 0) is 43.6 Å². The van der Waals surface area contributed by atoms with Crippen LogP contribution in [0.2, 0.25) is 0 Å². The van der Waals surface area contributed by atoms with E-state index in [1.165, 1.54) is 28.3 Å². The molecule has 1 amide bonds. The first-order valence-corrected chi connectivity index (χ1v) is 8.71. The van der Waals surface area contributed by atoms with E-state index in [0.717, 1.165) is 24.4 Å². The summed E-state index contributed by atoms with van der Waals surface area (Å²) in [5.74, 6) is 0.157. The number of thiophene rings is 1. The molecule has 0 unspecified atom stereocenters. The standard InChI is InChI=1S/C15H18N2OS2/c1-17(14(18)9-8-11-5-4-10-19-11)15-16-12-6-2-3-7-13(12)20-15/h4-5,10H,2-3,6-9H2,1H3. The molecule has 0 N–H and O–H groups in total. The summed E-state index contributed by atoms with van der Waals surface area (Å²) in [7, 11) is 1.85. The number of anilines is 1. The van der Waals surface area contributed by atoms with E-state index in [-0.39, 0.29) is 5.91 Å². The van der Waals surface area contributed by atoms with Gasteiger partial charge in [0.05, 0.1) is 5.69 Å². The van der Waals surface area contributed by atoms with Crippen LogP contribution < -0.4 is 4.90 Å². The molecule has 0 saturated carbocycles. The number of aryl methyl sites for hydroxylation is 3. The summed E-state index contributed by atoms with van der Waals surface area (Å²) in [6, 6.07) is 4.11. The first-order chi connectivity index (χ1) is 9.74. The number of aromatic nitrogens is 1. The van der Waals surface area contributed by atoms with Crippen LogP contribution in [0.25, 0.3) is 0 Å². The Morgan fingerprint density at radius 3 is 3.00 bits per heavy atom. The Morgan fingerprint density at radius 1 is 1.40 bits per heavy atom. The van der Waals surface area contributed by atoms with Crippen LogP contribution in [0.3, 0.4) is 0 Å². The fourth-order valence-electron chi connectivity index (χ4n) is 2.44. The number of rotatable bonds is 4. The van der Waals surface area contributed by atoms with Gasteiger partial charge in [0, 0.05) is 23.2 Å². The maximum Gasteiger partial charge on any atom is 0.228 e. The zero-order chi connectivity index (χ0) is 13.9. The van der Waals surface area contributed by atoms with Gasteiger partial charge in [-0.2, -0.15) is 0 Å². The van der Waals surface area contributed by atoms with Crippen LogP contribution in [0.4, 0.5) is 5.13 Å². The lowest BCUT2D eigenvalue weighted by Crippen LogP contribution is -2.26. The first-order valence-electron chi connectivity index (χ1n) is 7.01. The van der Waals surface area contributed by atoms with Crippen molar-refractivity contribution in [1.82, 2.24) is 4.98 Å². The van der Waals surface area contributed by atoms with E-state index in [0.29, 0.717) is 6.42 Å². The highest BCUT2D eigenvalue weighted by atomic mass is 32.1. The quantitative estimate of drug-likeness (QED) is 0.863. The van der Waals surface area contributed by atoms with Gasteiger partial charge in [-0.1, -0.05) is 6.07 Å². The molecule has 106 valence electrons. The average Bonchev–Trinajstić information content (AvgIpc) is 3.12. The Morgan fingerprint density at radius 2 is 2.25 bits per heavy atom. The monoisotopic (exact) mass is 306 g/mol. The average molecular weight is 306 g/mol. The third-order valence-corrected chi connectivity index (χ3v) is 5.83. The smallest absolute Gasteiger partial charge is 0.228 e. The van der Waals surface area contributed by atoms with Crippen molar-refractivity contribution >= 4 is 33.7 Å². The van der Waals surface area contributed by atoms with Crippen LogP contribution in [-0.4, -0.2) is 17.9 Å². The van der Waals surface area contributed by atoms with Crippen LogP contribution in [0.5, 0.6) is 0 Å². The van der Waals surface area contributed by atoms with Gasteiger partial charge in [-0.3, -0.25) is 9.69 Å². The molecular formula is C15H18N2OS2. The minimum Gasteiger partial charge on any atom is -0.291 e. The van der Waals surface area contributed by atoms with Crippen molar-refractivity contribution in [2.45, 2.75) is 38.5 Å². The summed E-state index contributed by atoms with van der Waals surface area (Å²) in [6.07, 6.45) is 6.07. The highest BCUT2D eigenvalue weighted by Crippen LogP contribution is 2.31. The van der Waals surface area contributed by atoms with E-state index in [9.17, 15) is 4.79 Å². The molecule has 0 atom stereocenters. The van der Waals surface area contributed by atoms with Gasteiger partial charge in [0.25, 0.3) is 0 Å². The third kappa shape index (κ3) is 2.94. The van der Waals surface area contributed by atoms with Gasteiger partial charge < -0.3 is 0 Å². The predicted octanol–water partition coefficient (Wildman–Crippen LogP) is 3.68. The molecule has 3 nitrogen and oxygen atoms in total. The molecule has 0 aliphatic heterocycles. The Kier molecular flexibility index (Phi) is 4.17. The van der Waals surface area contributed by atoms with Crippen LogP contribution >= 0.6 is 22.7 Å². The summed E-state index contributed by atoms with van der Waals surface area (Å²) in [6.45, 7) is 0. The topological polar surface area (TPSA) is 33.2 Å². The van der Waals surface area contributed by atoms with Crippen LogP contribution in [-0.2, 0) is 24.1 Å². The van der Waals surface area contributed by atoms with E-state index in [1.807, 2.05) is 13.1 Å². The molecule has 0 fully saturated rings. The second kappa shape index (κ2) is 6.06. The number of hydrogen-bond donors (Lipinski definition) is 0. The minimum absolute atomic E-state index is 0.157. The number of hydrogen-bond acceptors (Lipinski definition) is 4. The van der Waals surface area contributed by atoms with Crippen molar-refractivity contribution in [3.05, 3.63) is 33.0 Å². The summed E-state index contributed by atoms with van der Waals surface area (Å²) in [4.78, 5) is 21.3. The largest absolute Gasteiger partial charge is 0.291 e. The fraction of sp³-hybridized carbons (Fsp3) is 0.467. The van der Waals surface area contributed by atoms with E-state index in [1.54, 1.807) is 27.6 Å². The zero-order valence-corrected chi connectivity index (χ0v) is 13.2. The van der Waals surface area contributed by atoms with Crippen LogP contribution in [0.15, 0.2) is 17.5 Å². The van der Waals surface area contributed by atoms with Gasteiger partial charge in [0.15, 0.2) is 5.13 Å². The molecule has 3 rings (SSSR count). The van der Waals surface area contributed by atoms with Gasteiger partial charge in [0.1, 0.15) is 0 Å². The Hall–Kier alpha value is -1.20. The summed E-state index contributed by atoms with van der Waals surface area (Å²) >= 11 is 3.40. The minimum atomic E-state index is 0.157. The molecule has 2 aromatic heterocycles. The van der Waals surface area contributed by atoms with Crippen molar-refractivity contribution in [3.63, 3.8) is 0 Å². The Balaban J connectivity index is 1.64. The second-order valence-electron chi connectivity index (χ2n) is 5.11. The number of nitrogens with zero attached hydrogens (tertiary/aromatic N) is 2. The Labute approximate surface area is 127 Å². The summed E-state index contributed by atoms with van der Waals surface area (Å²) in [5, 5.41) is 2.92. The normalized spacial score (nSPS) is 14.1. The lowest BCUT2D eigenvalue weighted by Gasteiger charge is -2.13. The molecule has 1 aliphatic carbocycles. The third-order valence-electron chi connectivity index (χ3n) is 3.66. The van der Waals surface area contributed by atoms with E-state index < -0.39 is 0 Å². The van der Waals surface area contributed by atoms with Gasteiger partial charge in [-0.25, -0.2) is 4.98 Å². The van der Waals surface area contributed by atoms with Crippen molar-refractivity contribution in [3.8, 4) is 0 Å². The van der Waals surface area contributed by atoms with Crippen molar-refractivity contribution in [2.24, 2.45) is 0 Å². The van der Waals surface area contributed by atoms with Gasteiger partial charge >= 0.3 is 0 Å². The van der Waals surface area contributed by atoms with Crippen molar-refractivity contribution < 1.29 is 4.79 Å². The van der Waals surface area contributed by atoms with Crippen molar-refractivity contribution in [1.29, 1.82) is 0 Å². The second-order valence-corrected chi connectivity index (χ2v) is 7.20. The lowest BCUT2D eigenvalue weighted by atomic mass is 10.0. The molecule has 20 heavy (non-hydrogen) atoms. The molecule has 0 aromatic carbocycles. The molecule has 0 radical (unpaired) electrons. The predicted molar refractivity (Wildman–Crippen MR) is 84.8 cm³/mol. The molecule has 2 heterocycles. The van der Waals surface area contributed by atoms with E-state index in [4.69, 9.17) is 0 Å². The van der Waals surface area contributed by atoms with Crippen LogP contribution in [0.1, 0.15) is 34.7 Å². The van der Waals surface area contributed by atoms with Gasteiger partial charge in [0.2, 0.25) is 5.91 Å². The molecule has 0 spiro atoms. The maximum absolute atomic E-state index is 12.2. The number of fused-ring (bicyclic) bond motifs is 1. The summed E-state index contributed by atoms with van der Waals surface area (Å²) < 4.78 is 0. The molecule has 0 saturated heterocycles. The van der Waals surface area contributed by atoms with E-state index in [2.05, 4.69) is 16.4 Å². The number of carbonyl (C=O) groups is 1. The number of thiazole rings is 1.